The Kier molecular flexibility index (Phi) is 10.4. The second kappa shape index (κ2) is 14.7. The summed E-state index contributed by atoms with van der Waals surface area (Å²) in [5, 5.41) is 14.4. The number of hydrogen-bond donors (Lipinski definition) is 6. The SMILES string of the molecule is CC(C)C1CC(=O)NC(Cc2c[nH]c3ccccc23)CC(=O)N[C@H](C(C)C)CC(=O)N[C@@H](Cc2c[nH]c3ccccc23)CC(=O)N1. The number of carbonyl (C=O) groups is 4. The summed E-state index contributed by atoms with van der Waals surface area (Å²) in [6, 6.07) is 14.0. The average Bonchev–Trinajstić information content (AvgIpc) is 3.59. The molecule has 6 N–H and O–H groups in total. The lowest BCUT2D eigenvalue weighted by atomic mass is 9.96. The molecule has 3 heterocycles. The van der Waals surface area contributed by atoms with Crippen molar-refractivity contribution in [3.8, 4) is 0 Å². The van der Waals surface area contributed by atoms with Crippen molar-refractivity contribution in [2.75, 3.05) is 0 Å². The molecule has 244 valence electrons. The molecule has 1 fully saturated rings. The molecule has 1 aliphatic rings. The van der Waals surface area contributed by atoms with E-state index in [9.17, 15) is 19.2 Å². The van der Waals surface area contributed by atoms with Crippen LogP contribution in [0.1, 0.15) is 64.5 Å². The summed E-state index contributed by atoms with van der Waals surface area (Å²) >= 11 is 0. The Morgan fingerprint density at radius 2 is 0.913 bits per heavy atom. The third kappa shape index (κ3) is 8.35. The summed E-state index contributed by atoms with van der Waals surface area (Å²) in [5.41, 5.74) is 3.96. The fourth-order valence-corrected chi connectivity index (χ4v) is 6.34. The van der Waals surface area contributed by atoms with Crippen molar-refractivity contribution in [2.45, 2.75) is 90.4 Å². The van der Waals surface area contributed by atoms with Crippen LogP contribution in [0.2, 0.25) is 0 Å². The van der Waals surface area contributed by atoms with Crippen molar-refractivity contribution in [3.05, 3.63) is 72.1 Å². The second-order valence-electron chi connectivity index (χ2n) is 13.3. The number of rotatable bonds is 6. The summed E-state index contributed by atoms with van der Waals surface area (Å²) in [6.07, 6.45) is 4.98. The second-order valence-corrected chi connectivity index (χ2v) is 13.3. The van der Waals surface area contributed by atoms with Crippen molar-refractivity contribution in [1.82, 2.24) is 31.2 Å². The van der Waals surface area contributed by atoms with Gasteiger partial charge in [-0.15, -0.1) is 0 Å². The van der Waals surface area contributed by atoms with Gasteiger partial charge in [0.05, 0.1) is 0 Å². The van der Waals surface area contributed by atoms with Gasteiger partial charge in [-0.1, -0.05) is 64.1 Å². The maximum Gasteiger partial charge on any atom is 0.222 e. The maximum absolute atomic E-state index is 13.5. The lowest BCUT2D eigenvalue weighted by molar-refractivity contribution is -0.125. The number of H-pyrrole nitrogens is 2. The van der Waals surface area contributed by atoms with Crippen LogP contribution in [0.5, 0.6) is 0 Å². The van der Waals surface area contributed by atoms with E-state index in [1.54, 1.807) is 0 Å². The predicted molar refractivity (Wildman–Crippen MR) is 180 cm³/mol. The Labute approximate surface area is 269 Å². The van der Waals surface area contributed by atoms with Gasteiger partial charge in [0.2, 0.25) is 23.6 Å². The van der Waals surface area contributed by atoms with E-state index in [1.165, 1.54) is 0 Å². The molecule has 2 unspecified atom stereocenters. The summed E-state index contributed by atoms with van der Waals surface area (Å²) in [4.78, 5) is 60.4. The van der Waals surface area contributed by atoms with Gasteiger partial charge in [-0.2, -0.15) is 0 Å². The van der Waals surface area contributed by atoms with E-state index in [0.29, 0.717) is 12.8 Å². The lowest BCUT2D eigenvalue weighted by Crippen LogP contribution is -2.50. The minimum absolute atomic E-state index is 0.0163. The number of para-hydroxylation sites is 2. The van der Waals surface area contributed by atoms with Gasteiger partial charge in [-0.25, -0.2) is 0 Å². The number of amides is 4. The maximum atomic E-state index is 13.5. The van der Waals surface area contributed by atoms with E-state index in [0.717, 1.165) is 32.9 Å². The average molecular weight is 627 g/mol. The van der Waals surface area contributed by atoms with Gasteiger partial charge in [0.15, 0.2) is 0 Å². The first kappa shape index (κ1) is 32.8. The highest BCUT2D eigenvalue weighted by atomic mass is 16.2. The van der Waals surface area contributed by atoms with Crippen LogP contribution < -0.4 is 21.3 Å². The van der Waals surface area contributed by atoms with Crippen LogP contribution in [0.3, 0.4) is 0 Å². The number of nitrogens with one attached hydrogen (secondary N) is 6. The number of fused-ring (bicyclic) bond motifs is 2. The van der Waals surface area contributed by atoms with E-state index >= 15 is 0 Å². The molecule has 4 atom stereocenters. The fraction of sp³-hybridized carbons (Fsp3) is 0.444. The van der Waals surface area contributed by atoms with E-state index in [2.05, 4.69) is 31.2 Å². The zero-order chi connectivity index (χ0) is 32.8. The van der Waals surface area contributed by atoms with Gasteiger partial charge in [0.25, 0.3) is 0 Å². The molecule has 10 heteroatoms. The molecule has 0 saturated carbocycles. The highest BCUT2D eigenvalue weighted by Gasteiger charge is 2.28. The molecule has 2 aromatic heterocycles. The molecular weight excluding hydrogens is 580 g/mol. The third-order valence-corrected chi connectivity index (χ3v) is 8.99. The molecule has 2 aromatic carbocycles. The van der Waals surface area contributed by atoms with E-state index in [4.69, 9.17) is 0 Å². The van der Waals surface area contributed by atoms with Crippen LogP contribution in [0, 0.1) is 11.8 Å². The lowest BCUT2D eigenvalue weighted by Gasteiger charge is -2.28. The standard InChI is InChI=1S/C36H46N6O4/c1-21(2)31-17-35(45)39-26(14-24-20-38-30-12-8-6-10-28(24)30)16-34(44)42-32(22(3)4)18-36(46)40-25(15-33(43)41-31)13-23-19-37-29-11-7-5-9-27(23)29/h5-12,19-22,25-26,31-32,37-38H,13-18H2,1-4H3,(H,39,45)(H,40,46)(H,41,43)(H,42,44)/t25-,26?,31?,32-/m0/s1. The Hall–Kier alpha value is -4.60. The molecule has 5 rings (SSSR count). The molecule has 0 spiro atoms. The van der Waals surface area contributed by atoms with Crippen molar-refractivity contribution >= 4 is 45.4 Å². The molecule has 0 aliphatic carbocycles. The predicted octanol–water partition coefficient (Wildman–Crippen LogP) is 4.26. The minimum Gasteiger partial charge on any atom is -0.361 e. The Balaban J connectivity index is 1.39. The van der Waals surface area contributed by atoms with E-state index in [-0.39, 0.29) is 61.1 Å². The van der Waals surface area contributed by atoms with Crippen LogP contribution >= 0.6 is 0 Å². The molecule has 1 saturated heterocycles. The smallest absolute Gasteiger partial charge is 0.222 e. The molecule has 0 radical (unpaired) electrons. The Morgan fingerprint density at radius 3 is 1.30 bits per heavy atom. The highest BCUT2D eigenvalue weighted by molar-refractivity contribution is 5.86. The normalized spacial score (nSPS) is 22.6. The molecule has 46 heavy (non-hydrogen) atoms. The van der Waals surface area contributed by atoms with Crippen molar-refractivity contribution in [1.29, 1.82) is 0 Å². The number of carbonyl (C=O) groups excluding carboxylic acids is 4. The topological polar surface area (TPSA) is 148 Å². The highest BCUT2D eigenvalue weighted by Crippen LogP contribution is 2.22. The van der Waals surface area contributed by atoms with Gasteiger partial charge in [0.1, 0.15) is 0 Å². The molecule has 1 aliphatic heterocycles. The monoisotopic (exact) mass is 626 g/mol. The molecule has 4 aromatic rings. The van der Waals surface area contributed by atoms with Crippen molar-refractivity contribution in [2.24, 2.45) is 11.8 Å². The van der Waals surface area contributed by atoms with Gasteiger partial charge in [-0.3, -0.25) is 19.2 Å². The Morgan fingerprint density at radius 1 is 0.543 bits per heavy atom. The van der Waals surface area contributed by atoms with Crippen LogP contribution in [0.4, 0.5) is 0 Å². The van der Waals surface area contributed by atoms with Crippen LogP contribution in [0.25, 0.3) is 21.8 Å². The largest absolute Gasteiger partial charge is 0.361 e. The van der Waals surface area contributed by atoms with Gasteiger partial charge >= 0.3 is 0 Å². The minimum atomic E-state index is -0.481. The summed E-state index contributed by atoms with van der Waals surface area (Å²) in [6.45, 7) is 7.85. The van der Waals surface area contributed by atoms with Gasteiger partial charge in [0, 0.05) is 84.1 Å². The van der Waals surface area contributed by atoms with Crippen LogP contribution in [0.15, 0.2) is 60.9 Å². The van der Waals surface area contributed by atoms with Gasteiger partial charge < -0.3 is 31.2 Å². The van der Waals surface area contributed by atoms with Crippen molar-refractivity contribution in [3.63, 3.8) is 0 Å². The molecular formula is C36H46N6O4. The third-order valence-electron chi connectivity index (χ3n) is 8.99. The first-order valence-corrected chi connectivity index (χ1v) is 16.3. The summed E-state index contributed by atoms with van der Waals surface area (Å²) in [7, 11) is 0. The first-order chi connectivity index (χ1) is 22.0. The first-order valence-electron chi connectivity index (χ1n) is 16.3. The number of aromatic nitrogens is 2. The fourth-order valence-electron chi connectivity index (χ4n) is 6.34. The van der Waals surface area contributed by atoms with Crippen LogP contribution in [-0.2, 0) is 32.0 Å². The van der Waals surface area contributed by atoms with Crippen LogP contribution in [-0.4, -0.2) is 57.8 Å². The summed E-state index contributed by atoms with van der Waals surface area (Å²) < 4.78 is 0. The molecule has 0 bridgehead atoms. The molecule has 10 nitrogen and oxygen atoms in total. The van der Waals surface area contributed by atoms with Gasteiger partial charge in [-0.05, 0) is 47.9 Å². The zero-order valence-electron chi connectivity index (χ0n) is 27.1. The summed E-state index contributed by atoms with van der Waals surface area (Å²) in [5.74, 6) is -0.948. The quantitative estimate of drug-likeness (QED) is 0.190. The van der Waals surface area contributed by atoms with E-state index in [1.807, 2.05) is 88.6 Å². The number of aromatic amines is 2. The number of hydrogen-bond acceptors (Lipinski definition) is 4. The zero-order valence-corrected chi connectivity index (χ0v) is 27.1. The number of benzene rings is 2. The van der Waals surface area contributed by atoms with E-state index < -0.39 is 24.2 Å². The Bertz CT molecular complexity index is 1520. The molecule has 4 amide bonds. The van der Waals surface area contributed by atoms with Crippen molar-refractivity contribution < 1.29 is 19.2 Å².